The van der Waals surface area contributed by atoms with E-state index in [-0.39, 0.29) is 12.4 Å². The van der Waals surface area contributed by atoms with Crippen LogP contribution in [-0.4, -0.2) is 9.55 Å². The van der Waals surface area contributed by atoms with E-state index in [1.807, 2.05) is 37.3 Å². The highest BCUT2D eigenvalue weighted by Crippen LogP contribution is 2.31. The molecule has 0 aliphatic carbocycles. The first-order chi connectivity index (χ1) is 13.2. The Hall–Kier alpha value is -2.60. The molecular weight excluding hydrogens is 363 g/mol. The number of alkyl halides is 3. The standard InChI is InChI=1S/C22H26F3N3/c1-4-6-18(8-5-7-16(2)3)14-28-15-20(22(23,24)25)27-21(28)19-11-9-17(13-26)10-12-19/h4-12,15-16H,13-14,26H2,1-3H3/b6-4-,7-5+,18-8+. The summed E-state index contributed by atoms with van der Waals surface area (Å²) in [6, 6.07) is 7.10. The summed E-state index contributed by atoms with van der Waals surface area (Å²) in [5.74, 6) is 0.670. The molecule has 1 aromatic carbocycles. The molecule has 2 N–H and O–H groups in total. The van der Waals surface area contributed by atoms with Crippen molar-refractivity contribution in [1.82, 2.24) is 9.55 Å². The fourth-order valence-electron chi connectivity index (χ4n) is 2.67. The van der Waals surface area contributed by atoms with Gasteiger partial charge in [0.25, 0.3) is 0 Å². The van der Waals surface area contributed by atoms with Crippen LogP contribution in [0.4, 0.5) is 13.2 Å². The second kappa shape index (κ2) is 9.55. The van der Waals surface area contributed by atoms with Gasteiger partial charge >= 0.3 is 6.18 Å². The van der Waals surface area contributed by atoms with Crippen LogP contribution < -0.4 is 5.73 Å². The lowest BCUT2D eigenvalue weighted by atomic mass is 10.1. The molecule has 0 amide bonds. The fourth-order valence-corrected chi connectivity index (χ4v) is 2.67. The summed E-state index contributed by atoms with van der Waals surface area (Å²) >= 11 is 0. The molecule has 0 fully saturated rings. The van der Waals surface area contributed by atoms with Crippen LogP contribution in [0.5, 0.6) is 0 Å². The molecule has 1 heterocycles. The Labute approximate surface area is 164 Å². The Kier molecular flexibility index (Phi) is 7.40. The van der Waals surface area contributed by atoms with E-state index < -0.39 is 11.9 Å². The molecule has 2 rings (SSSR count). The predicted molar refractivity (Wildman–Crippen MR) is 107 cm³/mol. The van der Waals surface area contributed by atoms with E-state index in [0.717, 1.165) is 17.3 Å². The van der Waals surface area contributed by atoms with Gasteiger partial charge in [-0.1, -0.05) is 68.5 Å². The Morgan fingerprint density at radius 2 is 1.89 bits per heavy atom. The summed E-state index contributed by atoms with van der Waals surface area (Å²) in [6.07, 6.45) is 6.19. The van der Waals surface area contributed by atoms with Crippen molar-refractivity contribution >= 4 is 0 Å². The minimum absolute atomic E-state index is 0.277. The van der Waals surface area contributed by atoms with Crippen LogP contribution in [0, 0.1) is 5.92 Å². The van der Waals surface area contributed by atoms with Gasteiger partial charge in [0.1, 0.15) is 5.82 Å². The topological polar surface area (TPSA) is 43.8 Å². The quantitative estimate of drug-likeness (QED) is 0.614. The molecule has 1 aromatic heterocycles. The lowest BCUT2D eigenvalue weighted by Crippen LogP contribution is -2.05. The van der Waals surface area contributed by atoms with Crippen molar-refractivity contribution in [2.24, 2.45) is 11.7 Å². The Morgan fingerprint density at radius 3 is 2.43 bits per heavy atom. The largest absolute Gasteiger partial charge is 0.434 e. The molecule has 3 nitrogen and oxygen atoms in total. The molecule has 0 bridgehead atoms. The molecular formula is C22H26F3N3. The second-order valence-electron chi connectivity index (χ2n) is 6.85. The van der Waals surface area contributed by atoms with Crippen molar-refractivity contribution in [1.29, 1.82) is 0 Å². The minimum atomic E-state index is -4.50. The van der Waals surface area contributed by atoms with Crippen LogP contribution in [0.25, 0.3) is 11.4 Å². The molecule has 150 valence electrons. The summed E-state index contributed by atoms with van der Waals surface area (Å²) in [5.41, 5.74) is 7.11. The van der Waals surface area contributed by atoms with E-state index >= 15 is 0 Å². The van der Waals surface area contributed by atoms with Gasteiger partial charge in [-0.25, -0.2) is 4.98 Å². The molecule has 0 radical (unpaired) electrons. The first-order valence-corrected chi connectivity index (χ1v) is 9.18. The number of benzene rings is 1. The Morgan fingerprint density at radius 1 is 1.21 bits per heavy atom. The molecule has 0 saturated carbocycles. The van der Waals surface area contributed by atoms with E-state index in [1.54, 1.807) is 24.3 Å². The van der Waals surface area contributed by atoms with Crippen molar-refractivity contribution in [3.63, 3.8) is 0 Å². The third-order valence-electron chi connectivity index (χ3n) is 4.05. The highest BCUT2D eigenvalue weighted by molar-refractivity contribution is 5.57. The van der Waals surface area contributed by atoms with E-state index in [0.29, 0.717) is 18.0 Å². The summed E-state index contributed by atoms with van der Waals surface area (Å²) in [5, 5.41) is 0. The molecule has 6 heteroatoms. The maximum atomic E-state index is 13.3. The number of allylic oxidation sites excluding steroid dienone is 6. The molecule has 0 unspecified atom stereocenters. The monoisotopic (exact) mass is 389 g/mol. The Bertz CT molecular complexity index is 854. The van der Waals surface area contributed by atoms with Gasteiger partial charge in [0.15, 0.2) is 5.69 Å². The highest BCUT2D eigenvalue weighted by Gasteiger charge is 2.35. The molecule has 0 aliphatic heterocycles. The summed E-state index contributed by atoms with van der Waals surface area (Å²) < 4.78 is 41.3. The first kappa shape index (κ1) is 21.7. The van der Waals surface area contributed by atoms with Crippen molar-refractivity contribution in [2.75, 3.05) is 0 Å². The van der Waals surface area contributed by atoms with Gasteiger partial charge in [0, 0.05) is 24.8 Å². The lowest BCUT2D eigenvalue weighted by molar-refractivity contribution is -0.140. The van der Waals surface area contributed by atoms with Crippen molar-refractivity contribution in [2.45, 2.75) is 40.0 Å². The highest BCUT2D eigenvalue weighted by atomic mass is 19.4. The smallest absolute Gasteiger partial charge is 0.326 e. The fraction of sp³-hybridized carbons (Fsp3) is 0.318. The molecule has 2 aromatic rings. The number of rotatable bonds is 7. The van der Waals surface area contributed by atoms with Crippen molar-refractivity contribution in [3.8, 4) is 11.4 Å². The van der Waals surface area contributed by atoms with Crippen LogP contribution in [0.2, 0.25) is 0 Å². The number of hydrogen-bond acceptors (Lipinski definition) is 2. The SMILES string of the molecule is C\C=C/C(=C\C=C\C(C)C)Cn1cc(C(F)(F)F)nc1-c1ccc(CN)cc1. The van der Waals surface area contributed by atoms with Crippen molar-refractivity contribution < 1.29 is 13.2 Å². The van der Waals surface area contributed by atoms with E-state index in [1.165, 1.54) is 4.57 Å². The summed E-state index contributed by atoms with van der Waals surface area (Å²) in [6.45, 7) is 6.66. The van der Waals surface area contributed by atoms with Crippen LogP contribution in [0.15, 0.2) is 66.4 Å². The third kappa shape index (κ3) is 5.96. The van der Waals surface area contributed by atoms with Gasteiger partial charge in [-0.15, -0.1) is 0 Å². The maximum absolute atomic E-state index is 13.3. The van der Waals surface area contributed by atoms with Crippen LogP contribution in [-0.2, 0) is 19.3 Å². The van der Waals surface area contributed by atoms with Gasteiger partial charge in [-0.2, -0.15) is 13.2 Å². The van der Waals surface area contributed by atoms with Crippen molar-refractivity contribution in [3.05, 3.63) is 77.7 Å². The minimum Gasteiger partial charge on any atom is -0.326 e. The van der Waals surface area contributed by atoms with Gasteiger partial charge in [0.2, 0.25) is 0 Å². The number of hydrogen-bond donors (Lipinski definition) is 1. The second-order valence-corrected chi connectivity index (χ2v) is 6.85. The summed E-state index contributed by atoms with van der Waals surface area (Å²) in [7, 11) is 0. The zero-order valence-electron chi connectivity index (χ0n) is 16.4. The zero-order chi connectivity index (χ0) is 20.7. The first-order valence-electron chi connectivity index (χ1n) is 9.18. The normalized spacial score (nSPS) is 13.4. The number of imidazole rings is 1. The van der Waals surface area contributed by atoms with E-state index in [4.69, 9.17) is 5.73 Å². The molecule has 28 heavy (non-hydrogen) atoms. The number of nitrogens with two attached hydrogens (primary N) is 1. The average Bonchev–Trinajstić information content (AvgIpc) is 3.06. The number of halogens is 3. The van der Waals surface area contributed by atoms with Crippen LogP contribution in [0.3, 0.4) is 0 Å². The van der Waals surface area contributed by atoms with E-state index in [2.05, 4.69) is 18.8 Å². The third-order valence-corrected chi connectivity index (χ3v) is 4.05. The number of aromatic nitrogens is 2. The molecule has 0 saturated heterocycles. The van der Waals surface area contributed by atoms with Gasteiger partial charge in [-0.05, 0) is 24.0 Å². The summed E-state index contributed by atoms with van der Waals surface area (Å²) in [4.78, 5) is 3.87. The molecule has 0 aliphatic rings. The van der Waals surface area contributed by atoms with Gasteiger partial charge < -0.3 is 10.3 Å². The maximum Gasteiger partial charge on any atom is 0.434 e. The van der Waals surface area contributed by atoms with Gasteiger partial charge in [-0.3, -0.25) is 0 Å². The Balaban J connectivity index is 2.46. The predicted octanol–water partition coefficient (Wildman–Crippen LogP) is 5.74. The van der Waals surface area contributed by atoms with Crippen LogP contribution in [0.1, 0.15) is 32.0 Å². The molecule has 0 spiro atoms. The zero-order valence-corrected chi connectivity index (χ0v) is 16.4. The molecule has 0 atom stereocenters. The average molecular weight is 389 g/mol. The van der Waals surface area contributed by atoms with Gasteiger partial charge in [0.05, 0.1) is 0 Å². The van der Waals surface area contributed by atoms with Crippen LogP contribution >= 0.6 is 0 Å². The lowest BCUT2D eigenvalue weighted by Gasteiger charge is -2.09. The van der Waals surface area contributed by atoms with E-state index in [9.17, 15) is 13.2 Å². The number of nitrogens with zero attached hydrogens (tertiary/aromatic N) is 2.